The summed E-state index contributed by atoms with van der Waals surface area (Å²) in [5, 5.41) is 10.5. The highest BCUT2D eigenvalue weighted by molar-refractivity contribution is 7.89. The van der Waals surface area contributed by atoms with Crippen LogP contribution in [-0.4, -0.2) is 39.7 Å². The molecule has 0 radical (unpaired) electrons. The molecule has 2 atom stereocenters. The summed E-state index contributed by atoms with van der Waals surface area (Å²) in [6.45, 7) is 1.85. The Kier molecular flexibility index (Phi) is 6.38. The first kappa shape index (κ1) is 24.4. The molecule has 0 aliphatic carbocycles. The number of sulfonamides is 1. The van der Waals surface area contributed by atoms with E-state index in [1.54, 1.807) is 18.3 Å². The quantitative estimate of drug-likeness (QED) is 0.530. The van der Waals surface area contributed by atoms with E-state index in [0.29, 0.717) is 17.4 Å². The third-order valence-corrected chi connectivity index (χ3v) is 7.20. The van der Waals surface area contributed by atoms with E-state index < -0.39 is 38.6 Å². The van der Waals surface area contributed by atoms with Gasteiger partial charge >= 0.3 is 6.18 Å². The molecule has 184 valence electrons. The second-order valence-corrected chi connectivity index (χ2v) is 9.78. The highest BCUT2D eigenvalue weighted by Crippen LogP contribution is 2.32. The maximum Gasteiger partial charge on any atom is 0.416 e. The highest BCUT2D eigenvalue weighted by atomic mass is 32.2. The molecule has 1 amide bonds. The first-order valence-electron chi connectivity index (χ1n) is 10.4. The fraction of sp³-hybridized carbons (Fsp3) is 0.227. The lowest BCUT2D eigenvalue weighted by Crippen LogP contribution is -2.50. The molecule has 1 aliphatic rings. The molecule has 2 heterocycles. The van der Waals surface area contributed by atoms with Crippen LogP contribution in [0.5, 0.6) is 0 Å². The average Bonchev–Trinajstić information content (AvgIpc) is 3.28. The van der Waals surface area contributed by atoms with Gasteiger partial charge in [0, 0.05) is 24.9 Å². The number of nitrogens with one attached hydrogen (secondary N) is 1. The predicted molar refractivity (Wildman–Crippen MR) is 119 cm³/mol. The summed E-state index contributed by atoms with van der Waals surface area (Å²) < 4.78 is 68.0. The van der Waals surface area contributed by atoms with E-state index in [-0.39, 0.29) is 12.5 Å². The molecule has 1 aliphatic heterocycles. The molecule has 4 rings (SSSR count). The maximum atomic E-state index is 13.2. The number of nitrogens with zero attached hydrogens (tertiary/aromatic N) is 4. The number of carbonyl (C=O) groups is 1. The molecule has 2 unspecified atom stereocenters. The number of alkyl halides is 3. The van der Waals surface area contributed by atoms with E-state index in [9.17, 15) is 26.4 Å². The molecule has 2 aromatic carbocycles. The molecule has 1 aromatic heterocycles. The number of amides is 1. The van der Waals surface area contributed by atoms with Crippen molar-refractivity contribution >= 4 is 15.9 Å². The summed E-state index contributed by atoms with van der Waals surface area (Å²) in [7, 11) is -4.49. The number of hydrogen-bond donors (Lipinski definition) is 2. The van der Waals surface area contributed by atoms with Crippen molar-refractivity contribution in [2.24, 2.45) is 5.73 Å². The van der Waals surface area contributed by atoms with Crippen molar-refractivity contribution in [3.05, 3.63) is 83.9 Å². The number of benzene rings is 2. The van der Waals surface area contributed by atoms with Crippen molar-refractivity contribution in [2.45, 2.75) is 36.5 Å². The Morgan fingerprint density at radius 3 is 2.54 bits per heavy atom. The van der Waals surface area contributed by atoms with Crippen molar-refractivity contribution in [1.29, 1.82) is 0 Å². The van der Waals surface area contributed by atoms with Gasteiger partial charge in [0.2, 0.25) is 5.91 Å². The number of carbonyl (C=O) groups excluding carboxylic acids is 1. The van der Waals surface area contributed by atoms with Gasteiger partial charge in [0.05, 0.1) is 28.0 Å². The zero-order valence-electron chi connectivity index (χ0n) is 18.3. The zero-order valence-corrected chi connectivity index (χ0v) is 19.2. The Hall–Kier alpha value is -3.71. The van der Waals surface area contributed by atoms with E-state index in [0.717, 1.165) is 40.5 Å². The Bertz CT molecular complexity index is 1370. The van der Waals surface area contributed by atoms with Crippen molar-refractivity contribution in [2.75, 3.05) is 0 Å². The summed E-state index contributed by atoms with van der Waals surface area (Å²) in [5.41, 5.74) is 6.65. The largest absolute Gasteiger partial charge is 0.416 e. The van der Waals surface area contributed by atoms with Crippen LogP contribution >= 0.6 is 0 Å². The van der Waals surface area contributed by atoms with E-state index in [1.165, 1.54) is 4.68 Å². The van der Waals surface area contributed by atoms with Crippen LogP contribution < -0.4 is 11.1 Å². The van der Waals surface area contributed by atoms with Crippen LogP contribution in [0, 0.1) is 0 Å². The SMILES string of the molecule is CC(N)c1ccc(-n2cc(CC3C(=O)NC=CN3S(=O)(=O)c3cccc(C(F)(F)F)c3)nn2)cc1. The van der Waals surface area contributed by atoms with Crippen LogP contribution in [0.2, 0.25) is 0 Å². The topological polar surface area (TPSA) is 123 Å². The number of hydrogen-bond acceptors (Lipinski definition) is 6. The monoisotopic (exact) mass is 506 g/mol. The normalized spacial score (nSPS) is 17.3. The fourth-order valence-electron chi connectivity index (χ4n) is 3.54. The minimum absolute atomic E-state index is 0.141. The molecule has 0 bridgehead atoms. The molecule has 9 nitrogen and oxygen atoms in total. The van der Waals surface area contributed by atoms with E-state index in [2.05, 4.69) is 15.6 Å². The van der Waals surface area contributed by atoms with Gasteiger partial charge in [-0.25, -0.2) is 13.1 Å². The minimum atomic E-state index is -4.72. The molecular formula is C22H21F3N6O3S. The van der Waals surface area contributed by atoms with Crippen molar-refractivity contribution in [1.82, 2.24) is 24.6 Å². The first-order valence-corrected chi connectivity index (χ1v) is 11.9. The predicted octanol–water partition coefficient (Wildman–Crippen LogP) is 2.51. The van der Waals surface area contributed by atoms with Gasteiger partial charge in [-0.15, -0.1) is 5.10 Å². The summed E-state index contributed by atoms with van der Waals surface area (Å²) in [6, 6.07) is 9.18. The molecule has 3 aromatic rings. The van der Waals surface area contributed by atoms with Gasteiger partial charge in [-0.3, -0.25) is 9.10 Å². The molecular weight excluding hydrogens is 485 g/mol. The van der Waals surface area contributed by atoms with Gasteiger partial charge < -0.3 is 11.1 Å². The Labute approximate surface area is 199 Å². The summed E-state index contributed by atoms with van der Waals surface area (Å²) >= 11 is 0. The molecule has 0 fully saturated rings. The minimum Gasteiger partial charge on any atom is -0.329 e. The van der Waals surface area contributed by atoms with Crippen molar-refractivity contribution in [3.8, 4) is 5.69 Å². The Morgan fingerprint density at radius 1 is 1.17 bits per heavy atom. The van der Waals surface area contributed by atoms with Crippen LogP contribution in [0.1, 0.15) is 29.8 Å². The zero-order chi connectivity index (χ0) is 25.4. The van der Waals surface area contributed by atoms with Gasteiger partial charge in [-0.05, 0) is 42.8 Å². The van der Waals surface area contributed by atoms with Gasteiger partial charge in [0.15, 0.2) is 0 Å². The third-order valence-electron chi connectivity index (χ3n) is 5.42. The van der Waals surface area contributed by atoms with Gasteiger partial charge in [0.1, 0.15) is 6.04 Å². The fourth-order valence-corrected chi connectivity index (χ4v) is 5.04. The second kappa shape index (κ2) is 9.15. The second-order valence-electron chi connectivity index (χ2n) is 7.94. The standard InChI is InChI=1S/C22H21F3N6O3S/c1-14(26)15-5-7-18(8-6-15)30-13-17(28-29-30)12-20-21(32)27-9-10-31(20)35(33,34)19-4-2-3-16(11-19)22(23,24)25/h2-11,13-14,20H,12,26H2,1H3,(H,27,32). The molecule has 3 N–H and O–H groups in total. The van der Waals surface area contributed by atoms with Crippen LogP contribution in [-0.2, 0) is 27.4 Å². The lowest BCUT2D eigenvalue weighted by atomic mass is 10.1. The van der Waals surface area contributed by atoms with Crippen LogP contribution in [0.4, 0.5) is 13.2 Å². The summed E-state index contributed by atoms with van der Waals surface area (Å²) in [6.07, 6.45) is -1.13. The molecule has 0 saturated heterocycles. The molecule has 0 spiro atoms. The van der Waals surface area contributed by atoms with Crippen LogP contribution in [0.25, 0.3) is 5.69 Å². The van der Waals surface area contributed by atoms with Gasteiger partial charge in [-0.1, -0.05) is 23.4 Å². The maximum absolute atomic E-state index is 13.2. The number of rotatable bonds is 6. The molecule has 35 heavy (non-hydrogen) atoms. The van der Waals surface area contributed by atoms with Crippen LogP contribution in [0.3, 0.4) is 0 Å². The van der Waals surface area contributed by atoms with Crippen LogP contribution in [0.15, 0.2) is 72.0 Å². The van der Waals surface area contributed by atoms with Gasteiger partial charge in [0.25, 0.3) is 10.0 Å². The van der Waals surface area contributed by atoms with E-state index >= 15 is 0 Å². The Morgan fingerprint density at radius 2 is 1.89 bits per heavy atom. The molecule has 13 heteroatoms. The highest BCUT2D eigenvalue weighted by Gasteiger charge is 2.38. The van der Waals surface area contributed by atoms with Crippen molar-refractivity contribution < 1.29 is 26.4 Å². The smallest absolute Gasteiger partial charge is 0.329 e. The number of halogens is 3. The summed E-state index contributed by atoms with van der Waals surface area (Å²) in [4.78, 5) is 12.0. The first-order chi connectivity index (χ1) is 16.5. The number of nitrogens with two attached hydrogens (primary N) is 1. The average molecular weight is 507 g/mol. The van der Waals surface area contributed by atoms with Gasteiger partial charge in [-0.2, -0.15) is 13.2 Å². The molecule has 0 saturated carbocycles. The Balaban J connectivity index is 1.61. The van der Waals surface area contributed by atoms with E-state index in [1.807, 2.05) is 19.1 Å². The van der Waals surface area contributed by atoms with E-state index in [4.69, 9.17) is 5.73 Å². The third kappa shape index (κ3) is 5.05. The van der Waals surface area contributed by atoms with Crippen molar-refractivity contribution in [3.63, 3.8) is 0 Å². The lowest BCUT2D eigenvalue weighted by molar-refractivity contribution is -0.137. The summed E-state index contributed by atoms with van der Waals surface area (Å²) in [5.74, 6) is -0.654. The lowest BCUT2D eigenvalue weighted by Gasteiger charge is -2.31. The number of aromatic nitrogens is 3.